The van der Waals surface area contributed by atoms with Gasteiger partial charge in [-0.15, -0.1) is 0 Å². The van der Waals surface area contributed by atoms with Gasteiger partial charge in [-0.25, -0.2) is 0 Å². The molecule has 2 bridgehead atoms. The van der Waals surface area contributed by atoms with Crippen molar-refractivity contribution in [3.8, 4) is 0 Å². The van der Waals surface area contributed by atoms with Crippen molar-refractivity contribution in [3.05, 3.63) is 0 Å². The number of aliphatic hydroxyl groups excluding tert-OH is 1. The Bertz CT molecular complexity index is 718. The van der Waals surface area contributed by atoms with Crippen LogP contribution in [0.5, 0.6) is 0 Å². The SMILES string of the molecule is CCCNC(=O)[C@@H]1[C@H]2C(=O)N([C@@H](CO)CC(C)C)C(C(=O)NC(C)(C)C)C23CC[C@H]1O3. The van der Waals surface area contributed by atoms with Crippen molar-refractivity contribution >= 4 is 17.7 Å². The molecule has 3 rings (SSSR count). The number of likely N-dealkylation sites (tertiary alicyclic amines) is 1. The van der Waals surface area contributed by atoms with Gasteiger partial charge in [0.15, 0.2) is 0 Å². The van der Waals surface area contributed by atoms with E-state index < -0.39 is 35.1 Å². The molecule has 176 valence electrons. The smallest absolute Gasteiger partial charge is 0.246 e. The van der Waals surface area contributed by atoms with Gasteiger partial charge in [0, 0.05) is 12.1 Å². The van der Waals surface area contributed by atoms with E-state index in [9.17, 15) is 19.5 Å². The van der Waals surface area contributed by atoms with Crippen molar-refractivity contribution in [2.45, 2.75) is 96.6 Å². The Morgan fingerprint density at radius 1 is 1.29 bits per heavy atom. The minimum Gasteiger partial charge on any atom is -0.394 e. The van der Waals surface area contributed by atoms with E-state index in [2.05, 4.69) is 10.6 Å². The first-order chi connectivity index (χ1) is 14.5. The standard InChI is InChI=1S/C23H39N3O5/c1-7-10-24-19(28)16-15-8-9-23(31-15)17(16)21(30)26(14(12-27)11-13(2)3)18(23)20(29)25-22(4,5)6/h13-18,27H,7-12H2,1-6H3,(H,24,28)(H,25,29)/t14-,15-,16+,17+,18?,23?/m1/s1. The molecule has 0 aromatic rings. The van der Waals surface area contributed by atoms with Gasteiger partial charge in [-0.2, -0.15) is 0 Å². The second kappa shape index (κ2) is 8.70. The summed E-state index contributed by atoms with van der Waals surface area (Å²) in [5.74, 6) is -1.75. The first-order valence-electron chi connectivity index (χ1n) is 11.7. The fourth-order valence-corrected chi connectivity index (χ4v) is 5.71. The van der Waals surface area contributed by atoms with E-state index in [1.807, 2.05) is 41.5 Å². The fraction of sp³-hybridized carbons (Fsp3) is 0.870. The van der Waals surface area contributed by atoms with Crippen molar-refractivity contribution in [2.24, 2.45) is 17.8 Å². The third-order valence-electron chi connectivity index (χ3n) is 6.68. The summed E-state index contributed by atoms with van der Waals surface area (Å²) < 4.78 is 6.38. The third kappa shape index (κ3) is 4.21. The van der Waals surface area contributed by atoms with E-state index in [0.29, 0.717) is 25.8 Å². The van der Waals surface area contributed by atoms with E-state index >= 15 is 0 Å². The van der Waals surface area contributed by atoms with Crippen molar-refractivity contribution < 1.29 is 24.2 Å². The Kier molecular flexibility index (Phi) is 6.73. The number of rotatable bonds is 8. The number of hydrogen-bond donors (Lipinski definition) is 3. The number of aliphatic hydroxyl groups is 1. The Morgan fingerprint density at radius 2 is 1.97 bits per heavy atom. The molecule has 31 heavy (non-hydrogen) atoms. The lowest BCUT2D eigenvalue weighted by Crippen LogP contribution is -2.60. The molecule has 8 nitrogen and oxygen atoms in total. The molecule has 2 unspecified atom stereocenters. The highest BCUT2D eigenvalue weighted by Gasteiger charge is 2.75. The average Bonchev–Trinajstić information content (AvgIpc) is 3.30. The molecular formula is C23H39N3O5. The second-order valence-electron chi connectivity index (χ2n) is 10.8. The molecule has 0 aromatic carbocycles. The first kappa shape index (κ1) is 24.0. The van der Waals surface area contributed by atoms with E-state index in [4.69, 9.17) is 4.74 Å². The highest BCUT2D eigenvalue weighted by atomic mass is 16.5. The number of amides is 3. The molecule has 0 aliphatic carbocycles. The molecule has 1 spiro atoms. The summed E-state index contributed by atoms with van der Waals surface area (Å²) in [6, 6.07) is -1.35. The third-order valence-corrected chi connectivity index (χ3v) is 6.68. The van der Waals surface area contributed by atoms with Crippen LogP contribution < -0.4 is 10.6 Å². The summed E-state index contributed by atoms with van der Waals surface area (Å²) in [7, 11) is 0. The zero-order valence-corrected chi connectivity index (χ0v) is 19.7. The zero-order chi connectivity index (χ0) is 23.1. The van der Waals surface area contributed by atoms with E-state index in [0.717, 1.165) is 6.42 Å². The summed E-state index contributed by atoms with van der Waals surface area (Å²) >= 11 is 0. The summed E-state index contributed by atoms with van der Waals surface area (Å²) in [5, 5.41) is 16.1. The number of nitrogens with zero attached hydrogens (tertiary/aromatic N) is 1. The van der Waals surface area contributed by atoms with Gasteiger partial charge in [-0.3, -0.25) is 14.4 Å². The summed E-state index contributed by atoms with van der Waals surface area (Å²) in [6.07, 6.45) is 2.23. The Morgan fingerprint density at radius 3 is 2.52 bits per heavy atom. The lowest BCUT2D eigenvalue weighted by Gasteiger charge is -2.38. The van der Waals surface area contributed by atoms with Crippen LogP contribution in [0, 0.1) is 17.8 Å². The highest BCUT2D eigenvalue weighted by molar-refractivity contribution is 5.99. The highest BCUT2D eigenvalue weighted by Crippen LogP contribution is 2.58. The molecular weight excluding hydrogens is 398 g/mol. The predicted octanol–water partition coefficient (Wildman–Crippen LogP) is 1.21. The molecule has 3 aliphatic rings. The van der Waals surface area contributed by atoms with Crippen LogP contribution >= 0.6 is 0 Å². The monoisotopic (exact) mass is 437 g/mol. The van der Waals surface area contributed by atoms with E-state index in [1.165, 1.54) is 0 Å². The van der Waals surface area contributed by atoms with Gasteiger partial charge in [-0.1, -0.05) is 20.8 Å². The number of carbonyl (C=O) groups is 3. The Balaban J connectivity index is 2.02. The predicted molar refractivity (Wildman–Crippen MR) is 116 cm³/mol. The maximum atomic E-state index is 13.8. The van der Waals surface area contributed by atoms with Gasteiger partial charge in [0.25, 0.3) is 0 Å². The van der Waals surface area contributed by atoms with Crippen LogP contribution in [0.3, 0.4) is 0 Å². The number of fused-ring (bicyclic) bond motifs is 1. The molecule has 6 atom stereocenters. The van der Waals surface area contributed by atoms with Gasteiger partial charge in [-0.05, 0) is 52.4 Å². The van der Waals surface area contributed by atoms with Crippen molar-refractivity contribution in [3.63, 3.8) is 0 Å². The average molecular weight is 438 g/mol. The van der Waals surface area contributed by atoms with Gasteiger partial charge in [0.05, 0.1) is 30.6 Å². The number of carbonyl (C=O) groups excluding carboxylic acids is 3. The second-order valence-corrected chi connectivity index (χ2v) is 10.8. The van der Waals surface area contributed by atoms with Gasteiger partial charge in [0.1, 0.15) is 11.6 Å². The van der Waals surface area contributed by atoms with Crippen LogP contribution in [0.25, 0.3) is 0 Å². The minimum atomic E-state index is -1.02. The largest absolute Gasteiger partial charge is 0.394 e. The topological polar surface area (TPSA) is 108 Å². The van der Waals surface area contributed by atoms with E-state index in [1.54, 1.807) is 4.90 Å². The fourth-order valence-electron chi connectivity index (χ4n) is 5.71. The quantitative estimate of drug-likeness (QED) is 0.529. The van der Waals surface area contributed by atoms with Gasteiger partial charge < -0.3 is 25.4 Å². The van der Waals surface area contributed by atoms with Crippen LogP contribution in [0.15, 0.2) is 0 Å². The summed E-state index contributed by atoms with van der Waals surface area (Å²) in [5.41, 5.74) is -1.50. The molecule has 3 heterocycles. The molecule has 0 aromatic heterocycles. The van der Waals surface area contributed by atoms with Crippen LogP contribution in [0.4, 0.5) is 0 Å². The molecule has 3 fully saturated rings. The molecule has 0 radical (unpaired) electrons. The summed E-state index contributed by atoms with van der Waals surface area (Å²) in [4.78, 5) is 41.9. The van der Waals surface area contributed by atoms with Gasteiger partial charge in [0.2, 0.25) is 17.7 Å². The van der Waals surface area contributed by atoms with Crippen LogP contribution in [0.2, 0.25) is 0 Å². The zero-order valence-electron chi connectivity index (χ0n) is 19.7. The van der Waals surface area contributed by atoms with Crippen LogP contribution in [-0.2, 0) is 19.1 Å². The maximum absolute atomic E-state index is 13.8. The molecule has 0 saturated carbocycles. The number of hydrogen-bond acceptors (Lipinski definition) is 5. The first-order valence-corrected chi connectivity index (χ1v) is 11.7. The lowest BCUT2D eigenvalue weighted by molar-refractivity contribution is -0.146. The van der Waals surface area contributed by atoms with Gasteiger partial charge >= 0.3 is 0 Å². The van der Waals surface area contributed by atoms with Crippen molar-refractivity contribution in [1.82, 2.24) is 15.5 Å². The van der Waals surface area contributed by atoms with Crippen molar-refractivity contribution in [2.75, 3.05) is 13.2 Å². The Hall–Kier alpha value is -1.67. The molecule has 8 heteroatoms. The number of nitrogens with one attached hydrogen (secondary N) is 2. The molecule has 3 aliphatic heterocycles. The minimum absolute atomic E-state index is 0.173. The summed E-state index contributed by atoms with van der Waals surface area (Å²) in [6.45, 7) is 12.0. The van der Waals surface area contributed by atoms with E-state index in [-0.39, 0.29) is 36.4 Å². The van der Waals surface area contributed by atoms with Crippen LogP contribution in [0.1, 0.15) is 67.2 Å². The van der Waals surface area contributed by atoms with Crippen molar-refractivity contribution in [1.29, 1.82) is 0 Å². The Labute approximate surface area is 185 Å². The molecule has 3 saturated heterocycles. The normalized spacial score (nSPS) is 33.0. The van der Waals surface area contributed by atoms with Crippen LogP contribution in [-0.4, -0.2) is 70.2 Å². The molecule has 3 N–H and O–H groups in total. The molecule has 3 amide bonds. The number of ether oxygens (including phenoxy) is 1. The maximum Gasteiger partial charge on any atom is 0.246 e. The lowest BCUT2D eigenvalue weighted by atomic mass is 9.70.